The molecule has 0 spiro atoms. The molecule has 0 radical (unpaired) electrons. The summed E-state index contributed by atoms with van der Waals surface area (Å²) in [7, 11) is 0. The number of piperidine rings is 1. The van der Waals surface area contributed by atoms with Crippen molar-refractivity contribution in [2.45, 2.75) is 38.8 Å². The first-order valence-electron chi connectivity index (χ1n) is 8.85. The van der Waals surface area contributed by atoms with Gasteiger partial charge >= 0.3 is 0 Å². The van der Waals surface area contributed by atoms with E-state index in [1.165, 1.54) is 42.6 Å². The van der Waals surface area contributed by atoms with Crippen LogP contribution in [0.15, 0.2) is 54.6 Å². The molecule has 122 valence electrons. The van der Waals surface area contributed by atoms with E-state index in [-0.39, 0.29) is 0 Å². The quantitative estimate of drug-likeness (QED) is 0.873. The number of hydrogen-bond donors (Lipinski definition) is 1. The molecular formula is C21H28N2. The smallest absolute Gasteiger partial charge is 0.0233 e. The van der Waals surface area contributed by atoms with Gasteiger partial charge in [-0.15, -0.1) is 0 Å². The average molecular weight is 308 g/mol. The third-order valence-corrected chi connectivity index (χ3v) is 4.77. The number of benzene rings is 2. The number of nitrogens with one attached hydrogen (secondary N) is 1. The molecule has 1 aliphatic rings. The molecule has 0 saturated carbocycles. The van der Waals surface area contributed by atoms with Crippen LogP contribution in [0.25, 0.3) is 0 Å². The summed E-state index contributed by atoms with van der Waals surface area (Å²) < 4.78 is 0. The number of aryl methyl sites for hydroxylation is 1. The van der Waals surface area contributed by atoms with Crippen molar-refractivity contribution in [3.63, 3.8) is 0 Å². The monoisotopic (exact) mass is 308 g/mol. The van der Waals surface area contributed by atoms with Crippen LogP contribution in [0.1, 0.15) is 29.5 Å². The zero-order valence-corrected chi connectivity index (χ0v) is 14.2. The molecule has 0 atom stereocenters. The van der Waals surface area contributed by atoms with Gasteiger partial charge in [0, 0.05) is 12.6 Å². The molecule has 0 bridgehead atoms. The van der Waals surface area contributed by atoms with E-state index in [1.807, 2.05) is 0 Å². The average Bonchev–Trinajstić information content (AvgIpc) is 2.58. The highest BCUT2D eigenvalue weighted by atomic mass is 15.1. The van der Waals surface area contributed by atoms with Crippen molar-refractivity contribution < 1.29 is 0 Å². The summed E-state index contributed by atoms with van der Waals surface area (Å²) >= 11 is 0. The Morgan fingerprint density at radius 2 is 1.70 bits per heavy atom. The summed E-state index contributed by atoms with van der Waals surface area (Å²) in [6, 6.07) is 20.4. The Labute approximate surface area is 140 Å². The number of rotatable bonds is 6. The van der Waals surface area contributed by atoms with E-state index < -0.39 is 0 Å². The molecule has 2 aromatic rings. The largest absolute Gasteiger partial charge is 0.314 e. The van der Waals surface area contributed by atoms with Crippen molar-refractivity contribution in [2.75, 3.05) is 19.6 Å². The molecule has 1 aliphatic heterocycles. The third-order valence-electron chi connectivity index (χ3n) is 4.77. The summed E-state index contributed by atoms with van der Waals surface area (Å²) in [5, 5.41) is 3.75. The molecule has 0 amide bonds. The third kappa shape index (κ3) is 5.19. The normalized spacial score (nSPS) is 16.6. The van der Waals surface area contributed by atoms with Crippen LogP contribution in [0.5, 0.6) is 0 Å². The Morgan fingerprint density at radius 1 is 0.957 bits per heavy atom. The highest BCUT2D eigenvalue weighted by Crippen LogP contribution is 2.14. The van der Waals surface area contributed by atoms with Crippen LogP contribution in [-0.4, -0.2) is 30.6 Å². The van der Waals surface area contributed by atoms with Crippen LogP contribution in [0, 0.1) is 6.92 Å². The van der Waals surface area contributed by atoms with Crippen LogP contribution >= 0.6 is 0 Å². The molecule has 2 heteroatoms. The van der Waals surface area contributed by atoms with E-state index in [0.717, 1.165) is 19.5 Å². The van der Waals surface area contributed by atoms with Crippen LogP contribution in [-0.2, 0) is 13.0 Å². The van der Waals surface area contributed by atoms with Gasteiger partial charge in [-0.05, 0) is 56.9 Å². The Kier molecular flexibility index (Phi) is 5.84. The lowest BCUT2D eigenvalue weighted by atomic mass is 10.0. The Morgan fingerprint density at radius 3 is 2.43 bits per heavy atom. The van der Waals surface area contributed by atoms with E-state index in [2.05, 4.69) is 71.7 Å². The van der Waals surface area contributed by atoms with Crippen molar-refractivity contribution >= 4 is 0 Å². The molecule has 23 heavy (non-hydrogen) atoms. The van der Waals surface area contributed by atoms with Gasteiger partial charge in [0.2, 0.25) is 0 Å². The molecule has 0 unspecified atom stereocenters. The summed E-state index contributed by atoms with van der Waals surface area (Å²) in [6.07, 6.45) is 3.66. The van der Waals surface area contributed by atoms with Crippen LogP contribution in [0.3, 0.4) is 0 Å². The Balaban J connectivity index is 1.36. The summed E-state index contributed by atoms with van der Waals surface area (Å²) in [5.74, 6) is 0. The highest BCUT2D eigenvalue weighted by Gasteiger charge is 2.18. The zero-order valence-electron chi connectivity index (χ0n) is 14.2. The van der Waals surface area contributed by atoms with Gasteiger partial charge in [-0.1, -0.05) is 60.2 Å². The molecular weight excluding hydrogens is 280 g/mol. The molecule has 2 nitrogen and oxygen atoms in total. The topological polar surface area (TPSA) is 15.3 Å². The van der Waals surface area contributed by atoms with Gasteiger partial charge in [-0.25, -0.2) is 0 Å². The number of hydrogen-bond acceptors (Lipinski definition) is 2. The predicted octanol–water partition coefficient (Wildman–Crippen LogP) is 3.79. The predicted molar refractivity (Wildman–Crippen MR) is 97.6 cm³/mol. The van der Waals surface area contributed by atoms with Crippen molar-refractivity contribution in [3.05, 3.63) is 71.3 Å². The van der Waals surface area contributed by atoms with Gasteiger partial charge in [0.1, 0.15) is 0 Å². The number of nitrogens with zero attached hydrogens (tertiary/aromatic N) is 1. The lowest BCUT2D eigenvalue weighted by Crippen LogP contribution is -2.42. The van der Waals surface area contributed by atoms with Crippen molar-refractivity contribution in [1.82, 2.24) is 10.2 Å². The van der Waals surface area contributed by atoms with Crippen LogP contribution < -0.4 is 5.32 Å². The van der Waals surface area contributed by atoms with Gasteiger partial charge in [-0.3, -0.25) is 4.90 Å². The van der Waals surface area contributed by atoms with Crippen molar-refractivity contribution in [1.29, 1.82) is 0 Å². The molecule has 0 aliphatic carbocycles. The molecule has 0 aromatic heterocycles. The molecule has 1 saturated heterocycles. The first-order chi connectivity index (χ1) is 11.3. The van der Waals surface area contributed by atoms with Gasteiger partial charge in [-0.2, -0.15) is 0 Å². The first kappa shape index (κ1) is 16.2. The van der Waals surface area contributed by atoms with Gasteiger partial charge in [0.05, 0.1) is 0 Å². The minimum absolute atomic E-state index is 0.687. The maximum Gasteiger partial charge on any atom is 0.0233 e. The zero-order chi connectivity index (χ0) is 15.9. The maximum absolute atomic E-state index is 3.75. The fourth-order valence-electron chi connectivity index (χ4n) is 3.43. The van der Waals surface area contributed by atoms with E-state index in [1.54, 1.807) is 0 Å². The van der Waals surface area contributed by atoms with Gasteiger partial charge < -0.3 is 5.32 Å². The first-order valence-corrected chi connectivity index (χ1v) is 8.85. The molecule has 3 rings (SSSR count). The number of likely N-dealkylation sites (tertiary alicyclic amines) is 1. The Bertz CT molecular complexity index is 586. The lowest BCUT2D eigenvalue weighted by molar-refractivity contribution is 0.191. The molecule has 1 fully saturated rings. The van der Waals surface area contributed by atoms with Crippen LogP contribution in [0.4, 0.5) is 0 Å². The maximum atomic E-state index is 3.75. The SMILES string of the molecule is Cc1cccc(CCNC2CCN(Cc3ccccc3)CC2)c1. The van der Waals surface area contributed by atoms with Gasteiger partial charge in [0.25, 0.3) is 0 Å². The van der Waals surface area contributed by atoms with Crippen LogP contribution in [0.2, 0.25) is 0 Å². The second-order valence-electron chi connectivity index (χ2n) is 6.73. The highest BCUT2D eigenvalue weighted by molar-refractivity contribution is 5.22. The second-order valence-corrected chi connectivity index (χ2v) is 6.73. The molecule has 1 N–H and O–H groups in total. The fourth-order valence-corrected chi connectivity index (χ4v) is 3.43. The molecule has 1 heterocycles. The Hall–Kier alpha value is -1.64. The van der Waals surface area contributed by atoms with E-state index in [4.69, 9.17) is 0 Å². The standard InChI is InChI=1S/C21H28N2/c1-18-6-5-9-19(16-18)10-13-22-21-11-14-23(15-12-21)17-20-7-3-2-4-8-20/h2-9,16,21-22H,10-15,17H2,1H3. The summed E-state index contributed by atoms with van der Waals surface area (Å²) in [6.45, 7) is 6.76. The van der Waals surface area contributed by atoms with Crippen molar-refractivity contribution in [2.24, 2.45) is 0 Å². The van der Waals surface area contributed by atoms with E-state index in [9.17, 15) is 0 Å². The van der Waals surface area contributed by atoms with E-state index >= 15 is 0 Å². The minimum atomic E-state index is 0.687. The minimum Gasteiger partial charge on any atom is -0.314 e. The second kappa shape index (κ2) is 8.28. The lowest BCUT2D eigenvalue weighted by Gasteiger charge is -2.32. The molecule has 2 aromatic carbocycles. The van der Waals surface area contributed by atoms with E-state index in [0.29, 0.717) is 6.04 Å². The van der Waals surface area contributed by atoms with Crippen molar-refractivity contribution in [3.8, 4) is 0 Å². The fraction of sp³-hybridized carbons (Fsp3) is 0.429. The summed E-state index contributed by atoms with van der Waals surface area (Å²) in [4.78, 5) is 2.58. The summed E-state index contributed by atoms with van der Waals surface area (Å²) in [5.41, 5.74) is 4.23. The van der Waals surface area contributed by atoms with Gasteiger partial charge in [0.15, 0.2) is 0 Å².